The van der Waals surface area contributed by atoms with Crippen LogP contribution >= 0.6 is 0 Å². The van der Waals surface area contributed by atoms with Crippen molar-refractivity contribution in [2.45, 2.75) is 19.9 Å². The van der Waals surface area contributed by atoms with Gasteiger partial charge in [0.2, 0.25) is 5.91 Å². The molecule has 8 nitrogen and oxygen atoms in total. The number of nitrogens with zero attached hydrogens (tertiary/aromatic N) is 3. The Bertz CT molecular complexity index is 729. The number of rotatable bonds is 5. The van der Waals surface area contributed by atoms with Crippen LogP contribution in [-0.2, 0) is 16.1 Å². The van der Waals surface area contributed by atoms with Gasteiger partial charge in [0.15, 0.2) is 0 Å². The number of aryl methyl sites for hydroxylation is 1. The van der Waals surface area contributed by atoms with Crippen LogP contribution in [-0.4, -0.2) is 49.9 Å². The number of pyridine rings is 1. The largest absolute Gasteiger partial charge is 0.481 e. The second-order valence-corrected chi connectivity index (χ2v) is 6.38. The Morgan fingerprint density at radius 2 is 2.12 bits per heavy atom. The number of H-pyrrole nitrogens is 1. The molecule has 0 radical (unpaired) electrons. The zero-order valence-electron chi connectivity index (χ0n) is 14.0. The van der Waals surface area contributed by atoms with Gasteiger partial charge in [-0.05, 0) is 25.5 Å². The van der Waals surface area contributed by atoms with Crippen molar-refractivity contribution >= 4 is 17.6 Å². The summed E-state index contributed by atoms with van der Waals surface area (Å²) in [5.74, 6) is -1.27. The minimum absolute atomic E-state index is 0.180. The summed E-state index contributed by atoms with van der Waals surface area (Å²) in [5, 5.41) is 12.2. The van der Waals surface area contributed by atoms with E-state index in [0.717, 1.165) is 11.5 Å². The topological polar surface area (TPSA) is 111 Å². The van der Waals surface area contributed by atoms with Crippen LogP contribution in [0.5, 0.6) is 0 Å². The van der Waals surface area contributed by atoms with E-state index >= 15 is 0 Å². The first-order valence-electron chi connectivity index (χ1n) is 8.18. The van der Waals surface area contributed by atoms with E-state index in [4.69, 9.17) is 0 Å². The van der Waals surface area contributed by atoms with Crippen LogP contribution in [0, 0.1) is 18.8 Å². The Balaban J connectivity index is 1.68. The fraction of sp³-hybridized carbons (Fsp3) is 0.412. The normalized spacial score (nSPS) is 21.0. The van der Waals surface area contributed by atoms with E-state index in [0.29, 0.717) is 31.7 Å². The number of amides is 1. The zero-order chi connectivity index (χ0) is 17.8. The molecule has 0 bridgehead atoms. The molecule has 1 aliphatic heterocycles. The average Bonchev–Trinajstić information content (AvgIpc) is 3.09. The fourth-order valence-electron chi connectivity index (χ4n) is 3.07. The third-order valence-corrected chi connectivity index (χ3v) is 4.35. The summed E-state index contributed by atoms with van der Waals surface area (Å²) < 4.78 is 0. The summed E-state index contributed by atoms with van der Waals surface area (Å²) in [6.07, 6.45) is 5.31. The van der Waals surface area contributed by atoms with Gasteiger partial charge >= 0.3 is 5.97 Å². The van der Waals surface area contributed by atoms with Crippen LogP contribution in [0.1, 0.15) is 17.9 Å². The number of hydrogen-bond donors (Lipinski definition) is 3. The maximum Gasteiger partial charge on any atom is 0.307 e. The van der Waals surface area contributed by atoms with Crippen molar-refractivity contribution in [2.24, 2.45) is 11.8 Å². The molecule has 0 saturated carbocycles. The summed E-state index contributed by atoms with van der Waals surface area (Å²) in [4.78, 5) is 37.4. The lowest BCUT2D eigenvalue weighted by Gasteiger charge is -2.34. The van der Waals surface area contributed by atoms with Gasteiger partial charge in [0.1, 0.15) is 5.82 Å². The third-order valence-electron chi connectivity index (χ3n) is 4.35. The van der Waals surface area contributed by atoms with Gasteiger partial charge in [0.25, 0.3) is 0 Å². The minimum atomic E-state index is -0.876. The number of piperidine rings is 1. The lowest BCUT2D eigenvalue weighted by molar-refractivity contribution is -0.145. The summed E-state index contributed by atoms with van der Waals surface area (Å²) in [5.41, 5.74) is 1.48. The number of nitrogens with one attached hydrogen (secondary N) is 2. The molecule has 3 rings (SSSR count). The number of anilines is 1. The predicted molar refractivity (Wildman–Crippen MR) is 90.7 cm³/mol. The lowest BCUT2D eigenvalue weighted by atomic mass is 9.88. The quantitative estimate of drug-likeness (QED) is 0.754. The van der Waals surface area contributed by atoms with E-state index < -0.39 is 17.8 Å². The highest BCUT2D eigenvalue weighted by atomic mass is 16.4. The van der Waals surface area contributed by atoms with Crippen molar-refractivity contribution in [1.29, 1.82) is 0 Å². The van der Waals surface area contributed by atoms with Crippen molar-refractivity contribution in [3.8, 4) is 0 Å². The van der Waals surface area contributed by atoms with Gasteiger partial charge in [-0.3, -0.25) is 19.5 Å². The molecule has 1 amide bonds. The zero-order valence-corrected chi connectivity index (χ0v) is 14.0. The van der Waals surface area contributed by atoms with Gasteiger partial charge in [-0.25, -0.2) is 4.98 Å². The number of carbonyl (C=O) groups is 2. The maximum atomic E-state index is 12.6. The van der Waals surface area contributed by atoms with Crippen LogP contribution in [0.3, 0.4) is 0 Å². The average molecular weight is 343 g/mol. The number of carboxylic acid groups (broad SMARTS) is 1. The standard InChI is InChI=1S/C17H21N5O3/c1-11-2-3-14(7-20-11)21-16(23)12-6-13(17(24)25)9-22(8-12)10-15-18-4-5-19-15/h2-5,7,12-13H,6,8-10H2,1H3,(H,18,19)(H,21,23)(H,24,25)/t12-,13+/m1/s1. The number of carboxylic acids is 1. The molecular weight excluding hydrogens is 322 g/mol. The van der Waals surface area contributed by atoms with Gasteiger partial charge in [0, 0.05) is 31.2 Å². The van der Waals surface area contributed by atoms with Crippen molar-refractivity contribution < 1.29 is 14.7 Å². The smallest absolute Gasteiger partial charge is 0.307 e. The predicted octanol–water partition coefficient (Wildman–Crippen LogP) is 1.27. The first-order chi connectivity index (χ1) is 12.0. The number of hydrogen-bond acceptors (Lipinski definition) is 5. The van der Waals surface area contributed by atoms with E-state index in [1.165, 1.54) is 0 Å². The van der Waals surface area contributed by atoms with Crippen LogP contribution in [0.4, 0.5) is 5.69 Å². The van der Waals surface area contributed by atoms with Gasteiger partial charge in [0.05, 0.1) is 30.3 Å². The van der Waals surface area contributed by atoms with E-state index in [-0.39, 0.29) is 5.91 Å². The summed E-state index contributed by atoms with van der Waals surface area (Å²) in [6.45, 7) is 3.27. The fourth-order valence-corrected chi connectivity index (χ4v) is 3.07. The van der Waals surface area contributed by atoms with E-state index in [1.807, 2.05) is 17.9 Å². The first-order valence-corrected chi connectivity index (χ1v) is 8.18. The summed E-state index contributed by atoms with van der Waals surface area (Å²) in [7, 11) is 0. The number of imidazole rings is 1. The number of aliphatic carboxylic acids is 1. The molecule has 25 heavy (non-hydrogen) atoms. The summed E-state index contributed by atoms with van der Waals surface area (Å²) >= 11 is 0. The molecule has 1 aliphatic rings. The second kappa shape index (κ2) is 7.43. The molecule has 2 aromatic heterocycles. The van der Waals surface area contributed by atoms with Gasteiger partial charge in [-0.2, -0.15) is 0 Å². The number of likely N-dealkylation sites (tertiary alicyclic amines) is 1. The molecule has 3 heterocycles. The highest BCUT2D eigenvalue weighted by Crippen LogP contribution is 2.24. The van der Waals surface area contributed by atoms with Gasteiger partial charge in [-0.15, -0.1) is 0 Å². The van der Waals surface area contributed by atoms with Crippen molar-refractivity contribution in [2.75, 3.05) is 18.4 Å². The maximum absolute atomic E-state index is 12.6. The van der Waals surface area contributed by atoms with Crippen molar-refractivity contribution in [3.63, 3.8) is 0 Å². The molecule has 2 aromatic rings. The minimum Gasteiger partial charge on any atom is -0.481 e. The summed E-state index contributed by atoms with van der Waals surface area (Å²) in [6, 6.07) is 3.61. The Labute approximate surface area is 145 Å². The Hall–Kier alpha value is -2.74. The molecule has 132 valence electrons. The van der Waals surface area contributed by atoms with Crippen LogP contribution in [0.25, 0.3) is 0 Å². The molecule has 0 aromatic carbocycles. The van der Waals surface area contributed by atoms with Gasteiger partial charge in [-0.1, -0.05) is 0 Å². The van der Waals surface area contributed by atoms with E-state index in [1.54, 1.807) is 24.7 Å². The number of aromatic amines is 1. The van der Waals surface area contributed by atoms with Crippen molar-refractivity contribution in [3.05, 3.63) is 42.2 Å². The Kier molecular flexibility index (Phi) is 5.08. The molecule has 2 atom stereocenters. The van der Waals surface area contributed by atoms with E-state index in [9.17, 15) is 14.7 Å². The molecule has 0 aliphatic carbocycles. The van der Waals surface area contributed by atoms with Crippen LogP contribution in [0.15, 0.2) is 30.7 Å². The number of carbonyl (C=O) groups excluding carboxylic acids is 1. The highest BCUT2D eigenvalue weighted by Gasteiger charge is 2.35. The molecule has 1 saturated heterocycles. The molecule has 0 spiro atoms. The van der Waals surface area contributed by atoms with E-state index in [2.05, 4.69) is 20.3 Å². The Morgan fingerprint density at radius 3 is 2.76 bits per heavy atom. The SMILES string of the molecule is Cc1ccc(NC(=O)[C@@H]2C[C@H](C(=O)O)CN(Cc3ncc[nH]3)C2)cn1. The molecule has 8 heteroatoms. The third kappa shape index (κ3) is 4.42. The van der Waals surface area contributed by atoms with Crippen LogP contribution in [0.2, 0.25) is 0 Å². The monoisotopic (exact) mass is 343 g/mol. The first kappa shape index (κ1) is 17.1. The second-order valence-electron chi connectivity index (χ2n) is 6.38. The van der Waals surface area contributed by atoms with Crippen LogP contribution < -0.4 is 5.32 Å². The lowest BCUT2D eigenvalue weighted by Crippen LogP contribution is -2.46. The van der Waals surface area contributed by atoms with Crippen molar-refractivity contribution in [1.82, 2.24) is 19.9 Å². The highest BCUT2D eigenvalue weighted by molar-refractivity contribution is 5.93. The molecule has 1 fully saturated rings. The molecular formula is C17H21N5O3. The molecule has 3 N–H and O–H groups in total. The molecule has 0 unspecified atom stereocenters. The van der Waals surface area contributed by atoms with Gasteiger partial charge < -0.3 is 15.4 Å². The number of aromatic nitrogens is 3. The Morgan fingerprint density at radius 1 is 1.32 bits per heavy atom.